The van der Waals surface area contributed by atoms with E-state index in [1.54, 1.807) is 18.2 Å². The summed E-state index contributed by atoms with van der Waals surface area (Å²) in [7, 11) is 0. The summed E-state index contributed by atoms with van der Waals surface area (Å²) in [4.78, 5) is 4.03. The summed E-state index contributed by atoms with van der Waals surface area (Å²) >= 11 is 0. The van der Waals surface area contributed by atoms with Crippen molar-refractivity contribution in [2.45, 2.75) is 12.3 Å². The van der Waals surface area contributed by atoms with Gasteiger partial charge in [0.15, 0.2) is 0 Å². The second-order valence-electron chi connectivity index (χ2n) is 5.77. The SMILES string of the molecule is Nc1cc(C(Cc2ccc(O)cc2)c2ccccc2)c(N)c(N)n1. The van der Waals surface area contributed by atoms with E-state index in [0.29, 0.717) is 17.9 Å². The first-order valence-corrected chi connectivity index (χ1v) is 7.69. The lowest BCUT2D eigenvalue weighted by molar-refractivity contribution is 0.475. The fraction of sp³-hybridized carbons (Fsp3) is 0.105. The molecule has 3 rings (SSSR count). The van der Waals surface area contributed by atoms with Crippen molar-refractivity contribution in [3.8, 4) is 5.75 Å². The molecule has 5 nitrogen and oxygen atoms in total. The number of pyridine rings is 1. The van der Waals surface area contributed by atoms with Crippen molar-refractivity contribution in [3.05, 3.63) is 77.4 Å². The van der Waals surface area contributed by atoms with Crippen LogP contribution in [0.3, 0.4) is 0 Å². The van der Waals surface area contributed by atoms with Crippen LogP contribution in [0, 0.1) is 0 Å². The zero-order valence-electron chi connectivity index (χ0n) is 13.2. The van der Waals surface area contributed by atoms with E-state index in [1.165, 1.54) is 0 Å². The van der Waals surface area contributed by atoms with Gasteiger partial charge in [0.25, 0.3) is 0 Å². The Morgan fingerprint density at radius 1 is 0.917 bits per heavy atom. The van der Waals surface area contributed by atoms with Crippen molar-refractivity contribution >= 4 is 17.3 Å². The molecule has 0 saturated heterocycles. The van der Waals surface area contributed by atoms with Crippen LogP contribution in [0.15, 0.2) is 60.7 Å². The van der Waals surface area contributed by atoms with Crippen LogP contribution in [0.25, 0.3) is 0 Å². The summed E-state index contributed by atoms with van der Waals surface area (Å²) in [6.07, 6.45) is 0.706. The quantitative estimate of drug-likeness (QED) is 0.590. The summed E-state index contributed by atoms with van der Waals surface area (Å²) < 4.78 is 0. The van der Waals surface area contributed by atoms with E-state index in [1.807, 2.05) is 30.3 Å². The minimum atomic E-state index is -0.0108. The molecule has 1 unspecified atom stereocenters. The largest absolute Gasteiger partial charge is 0.508 e. The number of aromatic nitrogens is 1. The van der Waals surface area contributed by atoms with Gasteiger partial charge in [0.05, 0.1) is 5.69 Å². The lowest BCUT2D eigenvalue weighted by Gasteiger charge is -2.21. The molecule has 1 aromatic heterocycles. The first-order valence-electron chi connectivity index (χ1n) is 7.69. The molecule has 2 aromatic carbocycles. The van der Waals surface area contributed by atoms with E-state index in [-0.39, 0.29) is 17.5 Å². The highest BCUT2D eigenvalue weighted by Crippen LogP contribution is 2.35. The van der Waals surface area contributed by atoms with Crippen molar-refractivity contribution in [1.82, 2.24) is 4.98 Å². The summed E-state index contributed by atoms with van der Waals surface area (Å²) in [5.74, 6) is 0.829. The molecule has 0 radical (unpaired) electrons. The zero-order chi connectivity index (χ0) is 17.1. The second-order valence-corrected chi connectivity index (χ2v) is 5.77. The number of benzene rings is 2. The Kier molecular flexibility index (Phi) is 4.24. The number of rotatable bonds is 4. The molecule has 0 aliphatic carbocycles. The normalized spacial score (nSPS) is 12.0. The Labute approximate surface area is 140 Å². The number of hydrogen-bond acceptors (Lipinski definition) is 5. The van der Waals surface area contributed by atoms with E-state index in [2.05, 4.69) is 17.1 Å². The Morgan fingerprint density at radius 2 is 1.58 bits per heavy atom. The van der Waals surface area contributed by atoms with Crippen LogP contribution >= 0.6 is 0 Å². The van der Waals surface area contributed by atoms with Crippen molar-refractivity contribution in [2.24, 2.45) is 0 Å². The van der Waals surface area contributed by atoms with E-state index < -0.39 is 0 Å². The van der Waals surface area contributed by atoms with Crippen LogP contribution in [0.2, 0.25) is 0 Å². The molecule has 0 fully saturated rings. The van der Waals surface area contributed by atoms with Gasteiger partial charge in [0.1, 0.15) is 17.4 Å². The number of nitrogen functional groups attached to an aromatic ring is 3. The first-order chi connectivity index (χ1) is 11.5. The van der Waals surface area contributed by atoms with Crippen LogP contribution in [0.5, 0.6) is 5.75 Å². The van der Waals surface area contributed by atoms with Gasteiger partial charge in [-0.15, -0.1) is 0 Å². The molecule has 5 heteroatoms. The van der Waals surface area contributed by atoms with Crippen LogP contribution in [0.4, 0.5) is 17.3 Å². The maximum absolute atomic E-state index is 9.48. The molecular weight excluding hydrogens is 300 g/mol. The number of hydrogen-bond donors (Lipinski definition) is 4. The van der Waals surface area contributed by atoms with Gasteiger partial charge in [-0.05, 0) is 41.3 Å². The average Bonchev–Trinajstić information content (AvgIpc) is 2.58. The van der Waals surface area contributed by atoms with Gasteiger partial charge in [0, 0.05) is 5.92 Å². The Bertz CT molecular complexity index is 832. The fourth-order valence-electron chi connectivity index (χ4n) is 2.87. The van der Waals surface area contributed by atoms with Crippen molar-refractivity contribution in [1.29, 1.82) is 0 Å². The summed E-state index contributed by atoms with van der Waals surface area (Å²) in [5, 5.41) is 9.48. The van der Waals surface area contributed by atoms with Gasteiger partial charge in [-0.3, -0.25) is 0 Å². The smallest absolute Gasteiger partial charge is 0.149 e. The first kappa shape index (κ1) is 15.7. The van der Waals surface area contributed by atoms with Crippen LogP contribution in [0.1, 0.15) is 22.6 Å². The highest BCUT2D eigenvalue weighted by atomic mass is 16.3. The van der Waals surface area contributed by atoms with Crippen molar-refractivity contribution in [3.63, 3.8) is 0 Å². The molecule has 0 aliphatic rings. The standard InChI is InChI=1S/C19H20N4O/c20-17-11-16(18(21)19(22)23-17)15(13-4-2-1-3-5-13)10-12-6-8-14(24)9-7-12/h1-9,11,15,24H,10,21H2,(H4,20,22,23). The molecule has 0 spiro atoms. The Hall–Kier alpha value is -3.21. The predicted octanol–water partition coefficient (Wildman–Crippen LogP) is 2.91. The van der Waals surface area contributed by atoms with Gasteiger partial charge >= 0.3 is 0 Å². The summed E-state index contributed by atoms with van der Waals surface area (Å²) in [5.41, 5.74) is 21.5. The van der Waals surface area contributed by atoms with Gasteiger partial charge in [-0.25, -0.2) is 4.98 Å². The average molecular weight is 320 g/mol. The van der Waals surface area contributed by atoms with Gasteiger partial charge in [-0.1, -0.05) is 42.5 Å². The Morgan fingerprint density at radius 3 is 2.25 bits per heavy atom. The number of aromatic hydroxyl groups is 1. The minimum absolute atomic E-state index is 0.0108. The molecule has 3 aromatic rings. The molecule has 1 atom stereocenters. The van der Waals surface area contributed by atoms with Crippen molar-refractivity contribution in [2.75, 3.05) is 17.2 Å². The predicted molar refractivity (Wildman–Crippen MR) is 97.6 cm³/mol. The molecular formula is C19H20N4O. The molecule has 122 valence electrons. The second kappa shape index (κ2) is 6.50. The zero-order valence-corrected chi connectivity index (χ0v) is 13.2. The number of anilines is 3. The number of phenols is 1. The van der Waals surface area contributed by atoms with Crippen LogP contribution in [-0.4, -0.2) is 10.1 Å². The van der Waals surface area contributed by atoms with Gasteiger partial charge in [0.2, 0.25) is 0 Å². The van der Waals surface area contributed by atoms with Gasteiger partial charge in [-0.2, -0.15) is 0 Å². The topological polar surface area (TPSA) is 111 Å². The fourth-order valence-corrected chi connectivity index (χ4v) is 2.87. The van der Waals surface area contributed by atoms with Crippen LogP contribution in [-0.2, 0) is 6.42 Å². The summed E-state index contributed by atoms with van der Waals surface area (Å²) in [6, 6.07) is 19.0. The van der Waals surface area contributed by atoms with Crippen LogP contribution < -0.4 is 17.2 Å². The molecule has 24 heavy (non-hydrogen) atoms. The highest BCUT2D eigenvalue weighted by molar-refractivity contribution is 5.68. The highest BCUT2D eigenvalue weighted by Gasteiger charge is 2.20. The minimum Gasteiger partial charge on any atom is -0.508 e. The third-order valence-corrected chi connectivity index (χ3v) is 4.09. The van der Waals surface area contributed by atoms with E-state index >= 15 is 0 Å². The third kappa shape index (κ3) is 3.25. The Balaban J connectivity index is 2.07. The van der Waals surface area contributed by atoms with E-state index in [4.69, 9.17) is 17.2 Å². The van der Waals surface area contributed by atoms with E-state index in [9.17, 15) is 5.11 Å². The maximum Gasteiger partial charge on any atom is 0.149 e. The molecule has 0 aliphatic heterocycles. The monoisotopic (exact) mass is 320 g/mol. The lowest BCUT2D eigenvalue weighted by atomic mass is 9.85. The number of nitrogens with two attached hydrogens (primary N) is 3. The molecule has 1 heterocycles. The van der Waals surface area contributed by atoms with E-state index in [0.717, 1.165) is 16.7 Å². The lowest BCUT2D eigenvalue weighted by Crippen LogP contribution is -2.12. The maximum atomic E-state index is 9.48. The molecule has 7 N–H and O–H groups in total. The molecule has 0 bridgehead atoms. The number of phenolic OH excluding ortho intramolecular Hbond substituents is 1. The third-order valence-electron chi connectivity index (χ3n) is 4.09. The van der Waals surface area contributed by atoms with Gasteiger partial charge < -0.3 is 22.3 Å². The number of nitrogens with zero attached hydrogens (tertiary/aromatic N) is 1. The molecule has 0 amide bonds. The summed E-state index contributed by atoms with van der Waals surface area (Å²) in [6.45, 7) is 0. The van der Waals surface area contributed by atoms with Crippen molar-refractivity contribution < 1.29 is 5.11 Å². The molecule has 0 saturated carbocycles.